The second-order valence-electron chi connectivity index (χ2n) is 6.44. The van der Waals surface area contributed by atoms with Gasteiger partial charge >= 0.3 is 0 Å². The SMILES string of the molecule is COc1ccc2nc(N3CCN(C(=O)CSc4ccc(Cl)cc4)CC3)sc2c1. The van der Waals surface area contributed by atoms with Crippen LogP contribution in [0, 0.1) is 0 Å². The van der Waals surface area contributed by atoms with E-state index < -0.39 is 0 Å². The zero-order chi connectivity index (χ0) is 19.5. The monoisotopic (exact) mass is 433 g/mol. The number of methoxy groups -OCH3 is 1. The van der Waals surface area contributed by atoms with Crippen LogP contribution in [0.3, 0.4) is 0 Å². The molecule has 8 heteroatoms. The van der Waals surface area contributed by atoms with Gasteiger partial charge < -0.3 is 14.5 Å². The maximum Gasteiger partial charge on any atom is 0.233 e. The summed E-state index contributed by atoms with van der Waals surface area (Å²) in [5, 5.41) is 1.71. The second kappa shape index (κ2) is 8.59. The molecular weight excluding hydrogens is 414 g/mol. The van der Waals surface area contributed by atoms with E-state index in [1.165, 1.54) is 0 Å². The summed E-state index contributed by atoms with van der Waals surface area (Å²) in [6.45, 7) is 3.04. The van der Waals surface area contributed by atoms with Crippen LogP contribution >= 0.6 is 34.7 Å². The first-order valence-electron chi connectivity index (χ1n) is 8.98. The molecule has 1 fully saturated rings. The van der Waals surface area contributed by atoms with Gasteiger partial charge in [0.05, 0.1) is 23.1 Å². The fourth-order valence-corrected chi connectivity index (χ4v) is 5.04. The lowest BCUT2D eigenvalue weighted by atomic mass is 10.3. The van der Waals surface area contributed by atoms with Crippen LogP contribution in [-0.4, -0.2) is 54.8 Å². The number of piperazine rings is 1. The third-order valence-electron chi connectivity index (χ3n) is 4.66. The third-order valence-corrected chi connectivity index (χ3v) is 6.99. The lowest BCUT2D eigenvalue weighted by Gasteiger charge is -2.34. The van der Waals surface area contributed by atoms with Crippen molar-refractivity contribution in [3.05, 3.63) is 47.5 Å². The number of carbonyl (C=O) groups excluding carboxylic acids is 1. The van der Waals surface area contributed by atoms with Crippen LogP contribution in [0.1, 0.15) is 0 Å². The van der Waals surface area contributed by atoms with Crippen LogP contribution in [0.5, 0.6) is 5.75 Å². The van der Waals surface area contributed by atoms with Crippen molar-refractivity contribution >= 4 is 56.0 Å². The Kier molecular flexibility index (Phi) is 5.94. The first kappa shape index (κ1) is 19.4. The average molecular weight is 434 g/mol. The van der Waals surface area contributed by atoms with Gasteiger partial charge in [0, 0.05) is 36.1 Å². The molecule has 1 saturated heterocycles. The number of carbonyl (C=O) groups is 1. The molecular formula is C20H20ClN3O2S2. The van der Waals surface area contributed by atoms with Crippen LogP contribution < -0.4 is 9.64 Å². The number of hydrogen-bond acceptors (Lipinski definition) is 6. The van der Waals surface area contributed by atoms with Crippen molar-refractivity contribution in [1.82, 2.24) is 9.88 Å². The summed E-state index contributed by atoms with van der Waals surface area (Å²) in [4.78, 5) is 22.5. The highest BCUT2D eigenvalue weighted by Gasteiger charge is 2.23. The molecule has 1 amide bonds. The maximum atomic E-state index is 12.5. The maximum absolute atomic E-state index is 12.5. The highest BCUT2D eigenvalue weighted by molar-refractivity contribution is 8.00. The zero-order valence-corrected chi connectivity index (χ0v) is 17.8. The van der Waals surface area contributed by atoms with Gasteiger partial charge in [-0.2, -0.15) is 0 Å². The quantitative estimate of drug-likeness (QED) is 0.558. The number of thioether (sulfide) groups is 1. The lowest BCUT2D eigenvalue weighted by Crippen LogP contribution is -2.49. The summed E-state index contributed by atoms with van der Waals surface area (Å²) in [6, 6.07) is 13.5. The Hall–Kier alpha value is -1.96. The molecule has 146 valence electrons. The predicted octanol–water partition coefficient (Wildman–Crippen LogP) is 4.40. The molecule has 0 saturated carbocycles. The Bertz CT molecular complexity index is 969. The molecule has 0 bridgehead atoms. The lowest BCUT2D eigenvalue weighted by molar-refractivity contribution is -0.128. The van der Waals surface area contributed by atoms with Crippen molar-refractivity contribution in [3.63, 3.8) is 0 Å². The van der Waals surface area contributed by atoms with Crippen molar-refractivity contribution in [3.8, 4) is 5.75 Å². The molecule has 0 N–H and O–H groups in total. The highest BCUT2D eigenvalue weighted by atomic mass is 35.5. The van der Waals surface area contributed by atoms with Crippen LogP contribution in [0.25, 0.3) is 10.2 Å². The summed E-state index contributed by atoms with van der Waals surface area (Å²) in [5.41, 5.74) is 0.985. The minimum absolute atomic E-state index is 0.175. The number of anilines is 1. The normalized spacial score (nSPS) is 14.5. The fourth-order valence-electron chi connectivity index (χ4n) is 3.07. The summed E-state index contributed by atoms with van der Waals surface area (Å²) < 4.78 is 6.41. The van der Waals surface area contributed by atoms with Gasteiger partial charge in [-0.3, -0.25) is 4.79 Å². The molecule has 2 heterocycles. The topological polar surface area (TPSA) is 45.7 Å². The number of amides is 1. The Balaban J connectivity index is 1.32. The molecule has 1 aromatic heterocycles. The van der Waals surface area contributed by atoms with E-state index in [9.17, 15) is 4.79 Å². The summed E-state index contributed by atoms with van der Waals surface area (Å²) in [6.07, 6.45) is 0. The number of ether oxygens (including phenoxy) is 1. The number of benzene rings is 2. The number of thiazole rings is 1. The van der Waals surface area contributed by atoms with E-state index in [-0.39, 0.29) is 5.91 Å². The molecule has 1 aliphatic heterocycles. The molecule has 2 aromatic carbocycles. The van der Waals surface area contributed by atoms with E-state index in [0.717, 1.165) is 52.2 Å². The number of halogens is 1. The van der Waals surface area contributed by atoms with Crippen molar-refractivity contribution in [2.24, 2.45) is 0 Å². The van der Waals surface area contributed by atoms with Gasteiger partial charge in [-0.1, -0.05) is 22.9 Å². The number of nitrogens with zero attached hydrogens (tertiary/aromatic N) is 3. The molecule has 3 aromatic rings. The molecule has 1 aliphatic rings. The standard InChI is InChI=1S/C20H20ClN3O2S2/c1-26-15-4-7-17-18(12-15)28-20(22-17)24-10-8-23(9-11-24)19(25)13-27-16-5-2-14(21)3-6-16/h2-7,12H,8-11,13H2,1H3. The zero-order valence-electron chi connectivity index (χ0n) is 15.4. The number of hydrogen-bond donors (Lipinski definition) is 0. The molecule has 0 aliphatic carbocycles. The van der Waals surface area contributed by atoms with Gasteiger partial charge in [0.15, 0.2) is 5.13 Å². The predicted molar refractivity (Wildman–Crippen MR) is 117 cm³/mol. The van der Waals surface area contributed by atoms with Crippen molar-refractivity contribution in [2.45, 2.75) is 4.90 Å². The van der Waals surface area contributed by atoms with E-state index in [0.29, 0.717) is 10.8 Å². The molecule has 4 rings (SSSR count). The Morgan fingerprint density at radius 3 is 2.64 bits per heavy atom. The fraction of sp³-hybridized carbons (Fsp3) is 0.300. The van der Waals surface area contributed by atoms with Gasteiger partial charge in [0.1, 0.15) is 5.75 Å². The summed E-state index contributed by atoms with van der Waals surface area (Å²) in [7, 11) is 1.67. The second-order valence-corrected chi connectivity index (χ2v) is 8.93. The van der Waals surface area contributed by atoms with Crippen LogP contribution in [0.2, 0.25) is 5.02 Å². The van der Waals surface area contributed by atoms with Gasteiger partial charge in [-0.25, -0.2) is 4.98 Å². The molecule has 5 nitrogen and oxygen atoms in total. The van der Waals surface area contributed by atoms with Gasteiger partial charge in [-0.15, -0.1) is 11.8 Å². The van der Waals surface area contributed by atoms with Gasteiger partial charge in [0.2, 0.25) is 5.91 Å². The number of aromatic nitrogens is 1. The van der Waals surface area contributed by atoms with Crippen molar-refractivity contribution in [2.75, 3.05) is 43.9 Å². The number of rotatable bonds is 5. The van der Waals surface area contributed by atoms with E-state index in [2.05, 4.69) is 4.90 Å². The smallest absolute Gasteiger partial charge is 0.233 e. The van der Waals surface area contributed by atoms with Crippen LogP contribution in [0.4, 0.5) is 5.13 Å². The van der Waals surface area contributed by atoms with E-state index in [1.54, 1.807) is 30.2 Å². The Labute approximate surface area is 177 Å². The first-order chi connectivity index (χ1) is 13.6. The molecule has 28 heavy (non-hydrogen) atoms. The molecule has 0 radical (unpaired) electrons. The summed E-state index contributed by atoms with van der Waals surface area (Å²) in [5.74, 6) is 1.47. The molecule has 0 atom stereocenters. The Morgan fingerprint density at radius 1 is 1.18 bits per heavy atom. The summed E-state index contributed by atoms with van der Waals surface area (Å²) >= 11 is 9.12. The highest BCUT2D eigenvalue weighted by Crippen LogP contribution is 2.32. The molecule has 0 spiro atoms. The first-order valence-corrected chi connectivity index (χ1v) is 11.2. The third kappa shape index (κ3) is 4.37. The van der Waals surface area contributed by atoms with Gasteiger partial charge in [-0.05, 0) is 42.5 Å². The minimum atomic E-state index is 0.175. The van der Waals surface area contributed by atoms with Crippen molar-refractivity contribution < 1.29 is 9.53 Å². The molecule has 0 unspecified atom stereocenters. The van der Waals surface area contributed by atoms with Crippen LogP contribution in [-0.2, 0) is 4.79 Å². The average Bonchev–Trinajstić information content (AvgIpc) is 3.16. The largest absolute Gasteiger partial charge is 0.497 e. The van der Waals surface area contributed by atoms with Crippen LogP contribution in [0.15, 0.2) is 47.4 Å². The van der Waals surface area contributed by atoms with Crippen molar-refractivity contribution in [1.29, 1.82) is 0 Å². The van der Waals surface area contributed by atoms with Gasteiger partial charge in [0.25, 0.3) is 0 Å². The Morgan fingerprint density at radius 2 is 1.93 bits per heavy atom. The number of fused-ring (bicyclic) bond motifs is 1. The van der Waals surface area contributed by atoms with E-state index in [4.69, 9.17) is 21.3 Å². The van der Waals surface area contributed by atoms with E-state index in [1.807, 2.05) is 47.4 Å². The minimum Gasteiger partial charge on any atom is -0.497 e. The van der Waals surface area contributed by atoms with E-state index >= 15 is 0 Å².